The molecule has 3 aromatic rings. The zero-order chi connectivity index (χ0) is 22.2. The Bertz CT molecular complexity index is 1010. The van der Waals surface area contributed by atoms with Gasteiger partial charge >= 0.3 is 0 Å². The van der Waals surface area contributed by atoms with Gasteiger partial charge in [-0.15, -0.1) is 0 Å². The number of nitrogens with one attached hydrogen (secondary N) is 1. The predicted molar refractivity (Wildman–Crippen MR) is 127 cm³/mol. The third kappa shape index (κ3) is 6.09. The summed E-state index contributed by atoms with van der Waals surface area (Å²) in [4.78, 5) is 1.87. The number of halogens is 2. The van der Waals surface area contributed by atoms with Gasteiger partial charge in [0.1, 0.15) is 17.3 Å². The Labute approximate surface area is 192 Å². The molecular formula is C24H24ClFN2O2S. The van der Waals surface area contributed by atoms with Crippen LogP contribution in [0.4, 0.5) is 10.1 Å². The van der Waals surface area contributed by atoms with E-state index in [1.54, 1.807) is 19.2 Å². The third-order valence-corrected chi connectivity index (χ3v) is 5.37. The summed E-state index contributed by atoms with van der Waals surface area (Å²) in [6.45, 7) is 3.12. The first-order chi connectivity index (χ1) is 15.0. The maximum atomic E-state index is 14.5. The fourth-order valence-corrected chi connectivity index (χ4v) is 3.53. The summed E-state index contributed by atoms with van der Waals surface area (Å²) in [5, 5.41) is 4.03. The highest BCUT2D eigenvalue weighted by molar-refractivity contribution is 7.80. The minimum atomic E-state index is -0.371. The number of anilines is 1. The van der Waals surface area contributed by atoms with E-state index in [0.29, 0.717) is 34.6 Å². The molecule has 0 fully saturated rings. The van der Waals surface area contributed by atoms with Crippen molar-refractivity contribution < 1.29 is 13.9 Å². The normalized spacial score (nSPS) is 10.5. The van der Waals surface area contributed by atoms with Crippen LogP contribution in [0, 0.1) is 5.82 Å². The van der Waals surface area contributed by atoms with Crippen LogP contribution < -0.4 is 14.8 Å². The predicted octanol–water partition coefficient (Wildman–Crippen LogP) is 6.29. The Morgan fingerprint density at radius 1 is 1.03 bits per heavy atom. The molecule has 0 heterocycles. The van der Waals surface area contributed by atoms with Crippen LogP contribution in [0.25, 0.3) is 0 Å². The molecule has 0 saturated heterocycles. The number of para-hydroxylation sites is 2. The fraction of sp³-hybridized carbons (Fsp3) is 0.208. The third-order valence-electron chi connectivity index (χ3n) is 4.66. The van der Waals surface area contributed by atoms with Crippen LogP contribution in [-0.4, -0.2) is 23.7 Å². The van der Waals surface area contributed by atoms with Crippen molar-refractivity contribution in [3.63, 3.8) is 0 Å². The van der Waals surface area contributed by atoms with Crippen molar-refractivity contribution in [2.45, 2.75) is 20.0 Å². The van der Waals surface area contributed by atoms with Gasteiger partial charge in [0, 0.05) is 23.7 Å². The number of methoxy groups -OCH3 is 1. The Morgan fingerprint density at radius 3 is 2.45 bits per heavy atom. The first-order valence-corrected chi connectivity index (χ1v) is 10.6. The second-order valence-corrected chi connectivity index (χ2v) is 7.56. The molecule has 4 nitrogen and oxygen atoms in total. The SMILES string of the molecule is CCOc1ccccc1NC(=S)N(Cc1ccc(OC)cc1)Cc1c(F)cccc1Cl. The Hall–Kier alpha value is -2.83. The van der Waals surface area contributed by atoms with E-state index in [4.69, 9.17) is 33.3 Å². The minimum Gasteiger partial charge on any atom is -0.497 e. The summed E-state index contributed by atoms with van der Waals surface area (Å²) in [5.74, 6) is 1.09. The van der Waals surface area contributed by atoms with Gasteiger partial charge in [-0.1, -0.05) is 41.9 Å². The number of ether oxygens (including phenoxy) is 2. The van der Waals surface area contributed by atoms with Crippen LogP contribution in [0.15, 0.2) is 66.7 Å². The molecule has 0 saturated carbocycles. The van der Waals surface area contributed by atoms with Gasteiger partial charge in [-0.3, -0.25) is 0 Å². The van der Waals surface area contributed by atoms with E-state index in [-0.39, 0.29) is 12.4 Å². The Balaban J connectivity index is 1.87. The lowest BCUT2D eigenvalue weighted by Gasteiger charge is -2.27. The molecule has 0 radical (unpaired) electrons. The second-order valence-electron chi connectivity index (χ2n) is 6.76. The lowest BCUT2D eigenvalue weighted by atomic mass is 10.1. The maximum Gasteiger partial charge on any atom is 0.174 e. The number of hydrogen-bond acceptors (Lipinski definition) is 3. The van der Waals surface area contributed by atoms with Crippen molar-refractivity contribution in [3.05, 3.63) is 88.7 Å². The van der Waals surface area contributed by atoms with Crippen molar-refractivity contribution in [1.82, 2.24) is 4.90 Å². The summed E-state index contributed by atoms with van der Waals surface area (Å²) in [6, 6.07) is 19.9. The van der Waals surface area contributed by atoms with E-state index in [1.165, 1.54) is 6.07 Å². The summed E-state index contributed by atoms with van der Waals surface area (Å²) in [5.41, 5.74) is 2.13. The molecular weight excluding hydrogens is 435 g/mol. The number of thiocarbonyl (C=S) groups is 1. The lowest BCUT2D eigenvalue weighted by Crippen LogP contribution is -2.34. The molecule has 162 valence electrons. The zero-order valence-corrected chi connectivity index (χ0v) is 19.0. The molecule has 7 heteroatoms. The highest BCUT2D eigenvalue weighted by atomic mass is 35.5. The Morgan fingerprint density at radius 2 is 1.77 bits per heavy atom. The average Bonchev–Trinajstić information content (AvgIpc) is 2.77. The molecule has 3 aromatic carbocycles. The first kappa shape index (κ1) is 22.8. The molecule has 0 atom stereocenters. The molecule has 0 aromatic heterocycles. The van der Waals surface area contributed by atoms with Gasteiger partial charge < -0.3 is 19.7 Å². The smallest absolute Gasteiger partial charge is 0.174 e. The van der Waals surface area contributed by atoms with E-state index in [0.717, 1.165) is 17.0 Å². The van der Waals surface area contributed by atoms with Crippen LogP contribution in [-0.2, 0) is 13.1 Å². The van der Waals surface area contributed by atoms with Gasteiger partial charge in [0.25, 0.3) is 0 Å². The summed E-state index contributed by atoms with van der Waals surface area (Å²) in [6.07, 6.45) is 0. The van der Waals surface area contributed by atoms with Crippen molar-refractivity contribution in [3.8, 4) is 11.5 Å². The monoisotopic (exact) mass is 458 g/mol. The second kappa shape index (κ2) is 11.0. The largest absolute Gasteiger partial charge is 0.497 e. The number of hydrogen-bond donors (Lipinski definition) is 1. The van der Waals surface area contributed by atoms with Gasteiger partial charge in [0.2, 0.25) is 0 Å². The standard InChI is InChI=1S/C24H24ClFN2O2S/c1-3-30-23-10-5-4-9-22(23)27-24(31)28(15-17-11-13-18(29-2)14-12-17)16-19-20(25)7-6-8-21(19)26/h4-14H,3,15-16H2,1-2H3,(H,27,31). The molecule has 0 aliphatic rings. The molecule has 0 bridgehead atoms. The van der Waals surface area contributed by atoms with Crippen LogP contribution in [0.3, 0.4) is 0 Å². The van der Waals surface area contributed by atoms with Crippen molar-refractivity contribution >= 4 is 34.6 Å². The van der Waals surface area contributed by atoms with Crippen molar-refractivity contribution in [2.24, 2.45) is 0 Å². The summed E-state index contributed by atoms with van der Waals surface area (Å²) >= 11 is 12.0. The molecule has 0 amide bonds. The molecule has 0 unspecified atom stereocenters. The molecule has 0 aliphatic carbocycles. The van der Waals surface area contributed by atoms with E-state index in [2.05, 4.69) is 5.32 Å². The average molecular weight is 459 g/mol. The van der Waals surface area contributed by atoms with Crippen LogP contribution >= 0.6 is 23.8 Å². The number of nitrogens with zero attached hydrogens (tertiary/aromatic N) is 1. The van der Waals surface area contributed by atoms with Gasteiger partial charge in [-0.2, -0.15) is 0 Å². The molecule has 0 aliphatic heterocycles. The first-order valence-electron chi connectivity index (χ1n) is 9.85. The topological polar surface area (TPSA) is 33.7 Å². The molecule has 1 N–H and O–H groups in total. The van der Waals surface area contributed by atoms with Gasteiger partial charge in [0.05, 0.1) is 19.4 Å². The van der Waals surface area contributed by atoms with E-state index < -0.39 is 0 Å². The van der Waals surface area contributed by atoms with Crippen LogP contribution in [0.2, 0.25) is 5.02 Å². The summed E-state index contributed by atoms with van der Waals surface area (Å²) < 4.78 is 25.4. The van der Waals surface area contributed by atoms with E-state index >= 15 is 0 Å². The van der Waals surface area contributed by atoms with Crippen molar-refractivity contribution in [1.29, 1.82) is 0 Å². The highest BCUT2D eigenvalue weighted by Crippen LogP contribution is 2.26. The highest BCUT2D eigenvalue weighted by Gasteiger charge is 2.17. The number of benzene rings is 3. The molecule has 0 spiro atoms. The maximum absolute atomic E-state index is 14.5. The molecule has 31 heavy (non-hydrogen) atoms. The quantitative estimate of drug-likeness (QED) is 0.401. The Kier molecular flexibility index (Phi) is 8.09. The van der Waals surface area contributed by atoms with E-state index in [1.807, 2.05) is 60.4 Å². The zero-order valence-electron chi connectivity index (χ0n) is 17.4. The van der Waals surface area contributed by atoms with Crippen LogP contribution in [0.5, 0.6) is 11.5 Å². The minimum absolute atomic E-state index is 0.209. The van der Waals surface area contributed by atoms with Gasteiger partial charge in [0.15, 0.2) is 5.11 Å². The fourth-order valence-electron chi connectivity index (χ4n) is 3.07. The van der Waals surface area contributed by atoms with Gasteiger partial charge in [-0.05, 0) is 61.1 Å². The summed E-state index contributed by atoms with van der Waals surface area (Å²) in [7, 11) is 1.62. The van der Waals surface area contributed by atoms with Crippen molar-refractivity contribution in [2.75, 3.05) is 19.0 Å². The number of rotatable bonds is 8. The van der Waals surface area contributed by atoms with Gasteiger partial charge in [-0.25, -0.2) is 4.39 Å². The lowest BCUT2D eigenvalue weighted by molar-refractivity contribution is 0.341. The van der Waals surface area contributed by atoms with E-state index in [9.17, 15) is 4.39 Å². The molecule has 3 rings (SSSR count). The van der Waals surface area contributed by atoms with Crippen LogP contribution in [0.1, 0.15) is 18.1 Å².